The molecular formula is C20H23N5O4. The number of likely N-dealkylation sites (N-methyl/N-ethyl adjacent to an activating group) is 1. The van der Waals surface area contributed by atoms with Gasteiger partial charge in [-0.1, -0.05) is 18.9 Å². The van der Waals surface area contributed by atoms with Gasteiger partial charge in [-0.15, -0.1) is 0 Å². The molecule has 1 aliphatic carbocycles. The largest absolute Gasteiger partial charge is 0.472 e. The third-order valence-corrected chi connectivity index (χ3v) is 5.94. The van der Waals surface area contributed by atoms with Gasteiger partial charge in [0.2, 0.25) is 17.4 Å². The van der Waals surface area contributed by atoms with Gasteiger partial charge < -0.3 is 26.0 Å². The minimum Gasteiger partial charge on any atom is -0.472 e. The van der Waals surface area contributed by atoms with Gasteiger partial charge in [-0.2, -0.15) is 5.26 Å². The topological polar surface area (TPSA) is 138 Å². The molecule has 0 bridgehead atoms. The van der Waals surface area contributed by atoms with Crippen molar-refractivity contribution in [2.75, 3.05) is 18.9 Å². The number of para-hydroxylation sites is 1. The van der Waals surface area contributed by atoms with E-state index in [-0.39, 0.29) is 30.2 Å². The van der Waals surface area contributed by atoms with Crippen molar-refractivity contribution < 1.29 is 19.1 Å². The number of hydrogen-bond acceptors (Lipinski definition) is 6. The summed E-state index contributed by atoms with van der Waals surface area (Å²) < 4.78 is 6.03. The van der Waals surface area contributed by atoms with Crippen LogP contribution in [0.5, 0.6) is 5.75 Å². The molecular weight excluding hydrogens is 374 g/mol. The third kappa shape index (κ3) is 3.29. The second-order valence-electron chi connectivity index (χ2n) is 7.95. The lowest BCUT2D eigenvalue weighted by Gasteiger charge is -2.34. The molecule has 9 heteroatoms. The number of nitrogens with one attached hydrogen (secondary N) is 2. The first kappa shape index (κ1) is 19.2. The van der Waals surface area contributed by atoms with Crippen LogP contribution in [0.2, 0.25) is 0 Å². The summed E-state index contributed by atoms with van der Waals surface area (Å²) in [5.74, 6) is -0.664. The summed E-state index contributed by atoms with van der Waals surface area (Å²) in [6.45, 7) is -0.104. The Hall–Kier alpha value is -3.12. The maximum absolute atomic E-state index is 13.2. The number of fused-ring (bicyclic) bond motifs is 1. The molecule has 3 atom stereocenters. The van der Waals surface area contributed by atoms with Crippen LogP contribution in [-0.4, -0.2) is 53.9 Å². The normalized spacial score (nSPS) is 26.3. The number of carbonyl (C=O) groups is 3. The lowest BCUT2D eigenvalue weighted by atomic mass is 9.96. The number of nitrogens with zero attached hydrogens (tertiary/aromatic N) is 2. The van der Waals surface area contributed by atoms with Gasteiger partial charge in [0.25, 0.3) is 5.91 Å². The zero-order valence-corrected chi connectivity index (χ0v) is 16.1. The number of ether oxygens (including phenoxy) is 1. The molecule has 1 spiro atoms. The van der Waals surface area contributed by atoms with Gasteiger partial charge in [0.15, 0.2) is 5.75 Å². The Morgan fingerprint density at radius 2 is 2.24 bits per heavy atom. The molecule has 1 aromatic carbocycles. The molecule has 9 nitrogen and oxygen atoms in total. The van der Waals surface area contributed by atoms with Gasteiger partial charge >= 0.3 is 0 Å². The molecule has 1 unspecified atom stereocenters. The number of nitriles is 1. The minimum atomic E-state index is -1.47. The fourth-order valence-electron chi connectivity index (χ4n) is 4.14. The van der Waals surface area contributed by atoms with E-state index in [9.17, 15) is 19.6 Å². The second kappa shape index (κ2) is 7.04. The average molecular weight is 397 g/mol. The molecule has 2 fully saturated rings. The lowest BCUT2D eigenvalue weighted by Crippen LogP contribution is -2.55. The summed E-state index contributed by atoms with van der Waals surface area (Å²) >= 11 is 0. The third-order valence-electron chi connectivity index (χ3n) is 5.94. The van der Waals surface area contributed by atoms with Crippen molar-refractivity contribution in [2.45, 2.75) is 43.4 Å². The van der Waals surface area contributed by atoms with Crippen LogP contribution in [0.15, 0.2) is 18.2 Å². The van der Waals surface area contributed by atoms with Crippen LogP contribution in [0.3, 0.4) is 0 Å². The fourth-order valence-corrected chi connectivity index (χ4v) is 4.14. The molecule has 0 radical (unpaired) electrons. The van der Waals surface area contributed by atoms with E-state index in [1.807, 2.05) is 6.07 Å². The van der Waals surface area contributed by atoms with E-state index in [2.05, 4.69) is 10.6 Å². The number of likely N-dealkylation sites (tertiary alicyclic amines) is 1. The number of rotatable bonds is 5. The monoisotopic (exact) mass is 397 g/mol. The van der Waals surface area contributed by atoms with Gasteiger partial charge in [-0.25, -0.2) is 0 Å². The van der Waals surface area contributed by atoms with Crippen molar-refractivity contribution in [3.63, 3.8) is 0 Å². The Labute approximate surface area is 168 Å². The Balaban J connectivity index is 1.65. The molecule has 1 saturated carbocycles. The number of benzene rings is 1. The van der Waals surface area contributed by atoms with Crippen molar-refractivity contribution in [1.29, 1.82) is 5.26 Å². The van der Waals surface area contributed by atoms with Gasteiger partial charge in [0.1, 0.15) is 12.1 Å². The van der Waals surface area contributed by atoms with Crippen LogP contribution in [0, 0.1) is 17.2 Å². The molecule has 3 aliphatic rings. The minimum absolute atomic E-state index is 0.0566. The van der Waals surface area contributed by atoms with Gasteiger partial charge in [-0.05, 0) is 31.5 Å². The van der Waals surface area contributed by atoms with Crippen LogP contribution >= 0.6 is 0 Å². The first-order valence-corrected chi connectivity index (χ1v) is 9.69. The number of amides is 3. The highest BCUT2D eigenvalue weighted by Crippen LogP contribution is 2.42. The van der Waals surface area contributed by atoms with Gasteiger partial charge in [-0.3, -0.25) is 14.4 Å². The highest BCUT2D eigenvalue weighted by molar-refractivity contribution is 6.03. The first-order chi connectivity index (χ1) is 13.9. The SMILES string of the molecule is CNC(CC1CC1)C(=O)N1C[C@@]2(C[C@H]1C(N)=O)Oc1c(C#N)cccc1NC2=O. The van der Waals surface area contributed by atoms with E-state index in [1.165, 1.54) is 4.90 Å². The molecule has 4 N–H and O–H groups in total. The van der Waals surface area contributed by atoms with Crippen molar-refractivity contribution in [2.24, 2.45) is 11.7 Å². The number of carbonyl (C=O) groups excluding carboxylic acids is 3. The molecule has 0 aromatic heterocycles. The molecule has 1 aromatic rings. The highest BCUT2D eigenvalue weighted by atomic mass is 16.5. The van der Waals surface area contributed by atoms with Crippen molar-refractivity contribution in [1.82, 2.24) is 10.2 Å². The summed E-state index contributed by atoms with van der Waals surface area (Å²) in [6, 6.07) is 5.50. The molecule has 3 amide bonds. The van der Waals surface area contributed by atoms with Crippen LogP contribution in [0.25, 0.3) is 0 Å². The van der Waals surface area contributed by atoms with Crippen molar-refractivity contribution in [3.8, 4) is 11.8 Å². The van der Waals surface area contributed by atoms with Crippen LogP contribution in [0.4, 0.5) is 5.69 Å². The lowest BCUT2D eigenvalue weighted by molar-refractivity contribution is -0.140. The Bertz CT molecular complexity index is 922. The standard InChI is InChI=1S/C20H23N5O4/c1-23-14(7-11-5-6-11)18(27)25-10-20(8-15(25)17(22)26)19(28)24-13-4-2-3-12(9-21)16(13)29-20/h2-4,11,14-15,23H,5-8,10H2,1H3,(H2,22,26)(H,24,28)/t14?,15-,20+/m0/s1. The first-order valence-electron chi connectivity index (χ1n) is 9.69. The average Bonchev–Trinajstić information content (AvgIpc) is 3.44. The van der Waals surface area contributed by atoms with Crippen molar-refractivity contribution >= 4 is 23.4 Å². The fraction of sp³-hybridized carbons (Fsp3) is 0.500. The van der Waals surface area contributed by atoms with E-state index < -0.39 is 29.5 Å². The molecule has 29 heavy (non-hydrogen) atoms. The molecule has 1 saturated heterocycles. The zero-order chi connectivity index (χ0) is 20.8. The predicted octanol–water partition coefficient (Wildman–Crippen LogP) is 0.102. The quantitative estimate of drug-likeness (QED) is 0.644. The van der Waals surface area contributed by atoms with Gasteiger partial charge in [0, 0.05) is 6.42 Å². The molecule has 2 heterocycles. The molecule has 2 aliphatic heterocycles. The van der Waals surface area contributed by atoms with E-state index in [0.29, 0.717) is 18.0 Å². The second-order valence-corrected chi connectivity index (χ2v) is 7.95. The van der Waals surface area contributed by atoms with E-state index in [0.717, 1.165) is 12.8 Å². The van der Waals surface area contributed by atoms with E-state index in [4.69, 9.17) is 10.5 Å². The Morgan fingerprint density at radius 1 is 1.48 bits per heavy atom. The van der Waals surface area contributed by atoms with Gasteiger partial charge in [0.05, 0.1) is 23.8 Å². The summed E-state index contributed by atoms with van der Waals surface area (Å²) in [5.41, 5.74) is 4.77. The Kier molecular flexibility index (Phi) is 4.67. The zero-order valence-electron chi connectivity index (χ0n) is 16.1. The molecule has 152 valence electrons. The van der Waals surface area contributed by atoms with Crippen LogP contribution < -0.4 is 21.1 Å². The number of anilines is 1. The number of primary amides is 1. The predicted molar refractivity (Wildman–Crippen MR) is 103 cm³/mol. The van der Waals surface area contributed by atoms with E-state index >= 15 is 0 Å². The smallest absolute Gasteiger partial charge is 0.270 e. The maximum Gasteiger partial charge on any atom is 0.270 e. The number of hydrogen-bond donors (Lipinski definition) is 3. The maximum atomic E-state index is 13.2. The number of nitrogens with two attached hydrogens (primary N) is 1. The summed E-state index contributed by atoms with van der Waals surface area (Å²) in [5, 5.41) is 15.1. The van der Waals surface area contributed by atoms with E-state index in [1.54, 1.807) is 25.2 Å². The summed E-state index contributed by atoms with van der Waals surface area (Å²) in [6.07, 6.45) is 2.81. The van der Waals surface area contributed by atoms with Crippen molar-refractivity contribution in [3.05, 3.63) is 23.8 Å². The van der Waals surface area contributed by atoms with Crippen LogP contribution in [-0.2, 0) is 14.4 Å². The molecule has 4 rings (SSSR count). The highest BCUT2D eigenvalue weighted by Gasteiger charge is 2.57. The summed E-state index contributed by atoms with van der Waals surface area (Å²) in [7, 11) is 1.70. The summed E-state index contributed by atoms with van der Waals surface area (Å²) in [4.78, 5) is 39.6. The Morgan fingerprint density at radius 3 is 2.86 bits per heavy atom. The van der Waals surface area contributed by atoms with Crippen LogP contribution in [0.1, 0.15) is 31.2 Å².